The molecule has 5 heteroatoms. The number of thioether (sulfide) groups is 2. The predicted octanol–water partition coefficient (Wildman–Crippen LogP) is 3.29. The minimum atomic E-state index is -0.0907. The van der Waals surface area contributed by atoms with E-state index in [2.05, 4.69) is 4.98 Å². The summed E-state index contributed by atoms with van der Waals surface area (Å²) < 4.78 is 0.127. The molecule has 4 rings (SSSR count). The van der Waals surface area contributed by atoms with Crippen molar-refractivity contribution in [1.82, 2.24) is 4.98 Å². The number of fused-ring (bicyclic) bond motifs is 3. The van der Waals surface area contributed by atoms with Gasteiger partial charge < -0.3 is 0 Å². The molecular weight excluding hydrogens is 276 g/mol. The zero-order valence-electron chi connectivity index (χ0n) is 9.89. The third kappa shape index (κ3) is 1.69. The molecule has 0 spiro atoms. The number of rotatable bonds is 1. The summed E-state index contributed by atoms with van der Waals surface area (Å²) in [7, 11) is 0. The van der Waals surface area contributed by atoms with E-state index in [-0.39, 0.29) is 15.9 Å². The molecule has 2 aromatic rings. The average Bonchev–Trinajstić information content (AvgIpc) is 2.97. The Balaban J connectivity index is 1.72. The van der Waals surface area contributed by atoms with Crippen molar-refractivity contribution in [2.75, 3.05) is 4.90 Å². The van der Waals surface area contributed by atoms with Crippen LogP contribution >= 0.6 is 23.5 Å². The van der Waals surface area contributed by atoms with Gasteiger partial charge in [0.25, 0.3) is 0 Å². The van der Waals surface area contributed by atoms with Crippen LogP contribution in [0.25, 0.3) is 0 Å². The summed E-state index contributed by atoms with van der Waals surface area (Å²) in [5.41, 5.74) is 2.03. The summed E-state index contributed by atoms with van der Waals surface area (Å²) in [5.74, 6) is 0.167. The number of carbonyl (C=O) groups excluding carboxylic acids is 1. The Labute approximate surface area is 119 Å². The summed E-state index contributed by atoms with van der Waals surface area (Å²) >= 11 is 3.36. The molecule has 2 aliphatic rings. The molecule has 0 saturated carbocycles. The van der Waals surface area contributed by atoms with E-state index in [1.807, 2.05) is 47.4 Å². The number of amides is 1. The number of aromatic nitrogens is 1. The van der Waals surface area contributed by atoms with Crippen molar-refractivity contribution in [2.45, 2.75) is 15.0 Å². The van der Waals surface area contributed by atoms with Gasteiger partial charge in [-0.25, -0.2) is 4.98 Å². The largest absolute Gasteiger partial charge is 0.286 e. The van der Waals surface area contributed by atoms with Crippen molar-refractivity contribution in [3.63, 3.8) is 0 Å². The van der Waals surface area contributed by atoms with E-state index in [4.69, 9.17) is 0 Å². The Morgan fingerprint density at radius 2 is 1.95 bits per heavy atom. The summed E-state index contributed by atoms with van der Waals surface area (Å²) in [4.78, 5) is 18.8. The van der Waals surface area contributed by atoms with E-state index in [0.29, 0.717) is 0 Å². The molecule has 1 aromatic heterocycles. The lowest BCUT2D eigenvalue weighted by molar-refractivity contribution is -0.117. The average molecular weight is 286 g/mol. The van der Waals surface area contributed by atoms with Gasteiger partial charge in [-0.2, -0.15) is 0 Å². The Morgan fingerprint density at radius 3 is 2.79 bits per heavy atom. The number of benzene rings is 1. The third-order valence-corrected chi connectivity index (χ3v) is 6.01. The Hall–Kier alpha value is -1.46. The third-order valence-electron chi connectivity index (χ3n) is 3.25. The molecule has 1 saturated heterocycles. The number of pyridine rings is 1. The number of hydrogen-bond acceptors (Lipinski definition) is 4. The van der Waals surface area contributed by atoms with E-state index in [1.54, 1.807) is 29.7 Å². The van der Waals surface area contributed by atoms with Gasteiger partial charge >= 0.3 is 0 Å². The van der Waals surface area contributed by atoms with E-state index in [1.165, 1.54) is 0 Å². The van der Waals surface area contributed by atoms with Gasteiger partial charge in [0.15, 0.2) is 0 Å². The van der Waals surface area contributed by atoms with Crippen LogP contribution in [-0.2, 0) is 4.79 Å². The predicted molar refractivity (Wildman–Crippen MR) is 78.1 cm³/mol. The normalized spacial score (nSPS) is 24.4. The molecule has 19 heavy (non-hydrogen) atoms. The maximum atomic E-state index is 12.6. The van der Waals surface area contributed by atoms with E-state index in [0.717, 1.165) is 16.3 Å². The number of carbonyl (C=O) groups is 1. The molecule has 2 atom stereocenters. The molecule has 2 aliphatic heterocycles. The van der Waals surface area contributed by atoms with Crippen LogP contribution in [0.4, 0.5) is 5.69 Å². The first kappa shape index (κ1) is 11.4. The van der Waals surface area contributed by atoms with Crippen molar-refractivity contribution in [3.8, 4) is 0 Å². The van der Waals surface area contributed by atoms with E-state index in [9.17, 15) is 4.79 Å². The summed E-state index contributed by atoms with van der Waals surface area (Å²) in [6.07, 6.45) is 1.78. The molecule has 3 heterocycles. The first-order valence-corrected chi connectivity index (χ1v) is 7.82. The van der Waals surface area contributed by atoms with Crippen LogP contribution in [-0.4, -0.2) is 15.6 Å². The fourth-order valence-electron chi connectivity index (χ4n) is 2.38. The molecule has 1 aromatic carbocycles. The van der Waals surface area contributed by atoms with Gasteiger partial charge in [-0.1, -0.05) is 42.1 Å². The SMILES string of the molecule is O=C1C(c2ccccc2)SC2Sc3ncccc3N12. The van der Waals surface area contributed by atoms with Gasteiger partial charge in [-0.3, -0.25) is 9.69 Å². The summed E-state index contributed by atoms with van der Waals surface area (Å²) in [6.45, 7) is 0. The highest BCUT2D eigenvalue weighted by Gasteiger charge is 2.47. The summed E-state index contributed by atoms with van der Waals surface area (Å²) in [5, 5.41) is 0.868. The first-order valence-electron chi connectivity index (χ1n) is 6.00. The minimum absolute atomic E-state index is 0.0907. The fraction of sp³-hybridized carbons (Fsp3) is 0.143. The van der Waals surface area contributed by atoms with E-state index < -0.39 is 0 Å². The Kier molecular flexibility index (Phi) is 2.56. The number of anilines is 1. The minimum Gasteiger partial charge on any atom is -0.286 e. The van der Waals surface area contributed by atoms with Crippen molar-refractivity contribution < 1.29 is 4.79 Å². The zero-order valence-corrected chi connectivity index (χ0v) is 11.5. The molecule has 94 valence electrons. The molecule has 2 unspecified atom stereocenters. The van der Waals surface area contributed by atoms with Crippen LogP contribution < -0.4 is 4.90 Å². The topological polar surface area (TPSA) is 33.2 Å². The van der Waals surface area contributed by atoms with Crippen LogP contribution in [0.5, 0.6) is 0 Å². The Morgan fingerprint density at radius 1 is 1.11 bits per heavy atom. The van der Waals surface area contributed by atoms with Crippen LogP contribution in [0.2, 0.25) is 0 Å². The molecule has 1 amide bonds. The molecule has 3 nitrogen and oxygen atoms in total. The van der Waals surface area contributed by atoms with Crippen molar-refractivity contribution in [3.05, 3.63) is 54.2 Å². The highest BCUT2D eigenvalue weighted by molar-refractivity contribution is 8.18. The van der Waals surface area contributed by atoms with Gasteiger partial charge in [-0.05, 0) is 17.7 Å². The van der Waals surface area contributed by atoms with Crippen LogP contribution in [0.1, 0.15) is 10.8 Å². The molecule has 1 fully saturated rings. The first-order chi connectivity index (χ1) is 9.34. The lowest BCUT2D eigenvalue weighted by atomic mass is 10.1. The van der Waals surface area contributed by atoms with Crippen LogP contribution in [0.3, 0.4) is 0 Å². The lowest BCUT2D eigenvalue weighted by Crippen LogP contribution is -2.28. The standard InChI is InChI=1S/C14H10N2OS2/c17-13-11(9-5-2-1-3-6-9)18-14-16(13)10-7-4-8-15-12(10)19-14/h1-8,11,14H. The van der Waals surface area contributed by atoms with Crippen molar-refractivity contribution in [2.24, 2.45) is 0 Å². The second kappa shape index (κ2) is 4.28. The van der Waals surface area contributed by atoms with Crippen molar-refractivity contribution in [1.29, 1.82) is 0 Å². The van der Waals surface area contributed by atoms with Gasteiger partial charge in [-0.15, -0.1) is 11.8 Å². The zero-order chi connectivity index (χ0) is 12.8. The molecule has 0 radical (unpaired) electrons. The monoisotopic (exact) mass is 286 g/mol. The summed E-state index contributed by atoms with van der Waals surface area (Å²) in [6, 6.07) is 13.8. The van der Waals surface area contributed by atoms with Gasteiger partial charge in [0.05, 0.1) is 5.69 Å². The molecule has 0 aliphatic carbocycles. The maximum absolute atomic E-state index is 12.6. The van der Waals surface area contributed by atoms with Gasteiger partial charge in [0.1, 0.15) is 15.0 Å². The molecule has 0 N–H and O–H groups in total. The number of nitrogens with zero attached hydrogens (tertiary/aromatic N) is 2. The maximum Gasteiger partial charge on any atom is 0.246 e. The number of hydrogen-bond donors (Lipinski definition) is 0. The quantitative estimate of drug-likeness (QED) is 0.805. The Bertz CT molecular complexity index is 647. The molecular formula is C14H10N2OS2. The molecule has 0 bridgehead atoms. The smallest absolute Gasteiger partial charge is 0.246 e. The van der Waals surface area contributed by atoms with Gasteiger partial charge in [0, 0.05) is 6.20 Å². The lowest BCUT2D eigenvalue weighted by Gasteiger charge is -2.14. The highest BCUT2D eigenvalue weighted by atomic mass is 32.2. The second-order valence-electron chi connectivity index (χ2n) is 4.39. The van der Waals surface area contributed by atoms with Crippen LogP contribution in [0, 0.1) is 0 Å². The van der Waals surface area contributed by atoms with Crippen LogP contribution in [0.15, 0.2) is 53.7 Å². The van der Waals surface area contributed by atoms with Gasteiger partial charge in [0.2, 0.25) is 5.91 Å². The second-order valence-corrected chi connectivity index (χ2v) is 6.95. The van der Waals surface area contributed by atoms with E-state index >= 15 is 0 Å². The fourth-order valence-corrected chi connectivity index (χ4v) is 5.25. The van der Waals surface area contributed by atoms with Crippen molar-refractivity contribution >= 4 is 35.1 Å². The highest BCUT2D eigenvalue weighted by Crippen LogP contribution is 2.56.